The normalized spacial score (nSPS) is 13.8. The summed E-state index contributed by atoms with van der Waals surface area (Å²) in [5, 5.41) is 8.46. The number of nitrogens with zero attached hydrogens (tertiary/aromatic N) is 7. The SMILES string of the molecule is CN(C)CCOc1cc(F)cc(-c2ccnc3[nH]c(-c4n[nH]c5ccc(-c6cncc(N7CC(N)C7)n6)nc45)cc23)c1. The summed E-state index contributed by atoms with van der Waals surface area (Å²) in [5.74, 6) is 0.889. The lowest BCUT2D eigenvalue weighted by molar-refractivity contribution is 0.260. The predicted octanol–water partition coefficient (Wildman–Crippen LogP) is 3.85. The number of aromatic nitrogens is 7. The molecule has 6 heterocycles. The van der Waals surface area contributed by atoms with Crippen LogP contribution in [0.1, 0.15) is 0 Å². The van der Waals surface area contributed by atoms with Gasteiger partial charge >= 0.3 is 0 Å². The number of ether oxygens (including phenoxy) is 1. The number of likely N-dealkylation sites (N-methyl/N-ethyl adjacent to an activating group) is 1. The summed E-state index contributed by atoms with van der Waals surface area (Å²) in [6.45, 7) is 2.70. The van der Waals surface area contributed by atoms with Gasteiger partial charge in [-0.25, -0.2) is 19.3 Å². The number of rotatable bonds is 8. The van der Waals surface area contributed by atoms with Crippen LogP contribution in [0.5, 0.6) is 5.75 Å². The van der Waals surface area contributed by atoms with Crippen LogP contribution in [0.4, 0.5) is 10.2 Å². The Bertz CT molecular complexity index is 1910. The number of benzene rings is 1. The second-order valence-corrected chi connectivity index (χ2v) is 10.7. The fraction of sp³-hybridized carbons (Fsp3) is 0.233. The van der Waals surface area contributed by atoms with E-state index in [0.717, 1.165) is 47.6 Å². The number of nitrogens with one attached hydrogen (secondary N) is 2. The molecular formula is C30H29FN10O. The quantitative estimate of drug-likeness (QED) is 0.252. The van der Waals surface area contributed by atoms with Crippen molar-refractivity contribution in [3.63, 3.8) is 0 Å². The lowest BCUT2D eigenvalue weighted by Gasteiger charge is -2.37. The molecule has 0 spiro atoms. The number of pyridine rings is 2. The summed E-state index contributed by atoms with van der Waals surface area (Å²) in [4.78, 5) is 26.1. The van der Waals surface area contributed by atoms with Crippen LogP contribution in [0.2, 0.25) is 0 Å². The molecule has 1 fully saturated rings. The molecule has 12 heteroatoms. The van der Waals surface area contributed by atoms with Crippen LogP contribution in [-0.2, 0) is 0 Å². The molecule has 0 saturated carbocycles. The van der Waals surface area contributed by atoms with Gasteiger partial charge in [0.1, 0.15) is 46.5 Å². The Hall–Kier alpha value is -4.94. The number of aromatic amines is 2. The molecule has 0 radical (unpaired) electrons. The highest BCUT2D eigenvalue weighted by molar-refractivity contribution is 5.99. The third kappa shape index (κ3) is 4.91. The molecule has 1 saturated heterocycles. The highest BCUT2D eigenvalue weighted by Gasteiger charge is 2.25. The fourth-order valence-electron chi connectivity index (χ4n) is 5.11. The maximum absolute atomic E-state index is 14.6. The zero-order chi connectivity index (χ0) is 28.8. The van der Waals surface area contributed by atoms with Gasteiger partial charge in [-0.15, -0.1) is 0 Å². The van der Waals surface area contributed by atoms with Gasteiger partial charge in [0.2, 0.25) is 0 Å². The van der Waals surface area contributed by atoms with E-state index in [2.05, 4.69) is 30.0 Å². The number of nitrogens with two attached hydrogens (primary N) is 1. The second kappa shape index (κ2) is 10.5. The summed E-state index contributed by atoms with van der Waals surface area (Å²) in [6, 6.07) is 12.6. The maximum atomic E-state index is 14.6. The molecule has 212 valence electrons. The van der Waals surface area contributed by atoms with Gasteiger partial charge in [0.15, 0.2) is 0 Å². The minimum Gasteiger partial charge on any atom is -0.492 e. The van der Waals surface area contributed by atoms with Crippen molar-refractivity contribution >= 4 is 27.9 Å². The van der Waals surface area contributed by atoms with E-state index in [1.807, 2.05) is 49.3 Å². The predicted molar refractivity (Wildman–Crippen MR) is 160 cm³/mol. The van der Waals surface area contributed by atoms with E-state index >= 15 is 0 Å². The van der Waals surface area contributed by atoms with Crippen molar-refractivity contribution in [2.45, 2.75) is 6.04 Å². The first kappa shape index (κ1) is 26.0. The van der Waals surface area contributed by atoms with Crippen molar-refractivity contribution < 1.29 is 9.13 Å². The molecule has 0 bridgehead atoms. The molecule has 0 unspecified atom stereocenters. The van der Waals surface area contributed by atoms with Crippen LogP contribution in [0.25, 0.3) is 56.0 Å². The first-order valence-electron chi connectivity index (χ1n) is 13.7. The van der Waals surface area contributed by atoms with Crippen LogP contribution in [-0.4, -0.2) is 86.4 Å². The standard InChI is InChI=1S/C30H29FN10O/c1-40(2)7-8-42-20-10-17(9-18(31)11-20)21-5-6-34-30-22(21)12-25(37-30)29-28-24(38-39-29)4-3-23(36-28)26-13-33-14-27(35-26)41-15-19(32)16-41/h3-6,9-14,19H,7-8,15-16,32H2,1-2H3,(H,34,37)(H,38,39). The Labute approximate surface area is 240 Å². The van der Waals surface area contributed by atoms with E-state index in [-0.39, 0.29) is 11.9 Å². The molecule has 0 atom stereocenters. The molecule has 1 aromatic carbocycles. The van der Waals surface area contributed by atoms with E-state index in [0.29, 0.717) is 46.2 Å². The monoisotopic (exact) mass is 564 g/mol. The van der Waals surface area contributed by atoms with Crippen molar-refractivity contribution in [3.05, 3.63) is 66.9 Å². The molecule has 0 aliphatic carbocycles. The van der Waals surface area contributed by atoms with Crippen molar-refractivity contribution in [1.29, 1.82) is 0 Å². The molecule has 42 heavy (non-hydrogen) atoms. The smallest absolute Gasteiger partial charge is 0.147 e. The van der Waals surface area contributed by atoms with E-state index in [1.165, 1.54) is 12.1 Å². The van der Waals surface area contributed by atoms with Crippen molar-refractivity contribution in [2.24, 2.45) is 5.73 Å². The van der Waals surface area contributed by atoms with Crippen LogP contribution in [0, 0.1) is 5.82 Å². The number of hydrogen-bond acceptors (Lipinski definition) is 9. The van der Waals surface area contributed by atoms with Crippen molar-refractivity contribution in [3.8, 4) is 39.7 Å². The molecule has 5 aromatic heterocycles. The lowest BCUT2D eigenvalue weighted by Crippen LogP contribution is -2.56. The minimum absolute atomic E-state index is 0.161. The third-order valence-corrected chi connectivity index (χ3v) is 7.30. The third-order valence-electron chi connectivity index (χ3n) is 7.30. The Morgan fingerprint density at radius 3 is 2.79 bits per heavy atom. The van der Waals surface area contributed by atoms with E-state index < -0.39 is 0 Å². The average molecular weight is 565 g/mol. The van der Waals surface area contributed by atoms with Crippen molar-refractivity contribution in [1.82, 2.24) is 40.0 Å². The molecule has 4 N–H and O–H groups in total. The van der Waals surface area contributed by atoms with E-state index in [4.69, 9.17) is 20.4 Å². The molecule has 1 aliphatic rings. The molecule has 6 aromatic rings. The van der Waals surface area contributed by atoms with Crippen LogP contribution in [0.3, 0.4) is 0 Å². The van der Waals surface area contributed by atoms with Gasteiger partial charge < -0.3 is 25.3 Å². The van der Waals surface area contributed by atoms with Crippen molar-refractivity contribution in [2.75, 3.05) is 45.2 Å². The first-order valence-corrected chi connectivity index (χ1v) is 13.7. The Balaban J connectivity index is 1.24. The van der Waals surface area contributed by atoms with Gasteiger partial charge in [0.25, 0.3) is 0 Å². The number of hydrogen-bond donors (Lipinski definition) is 3. The summed E-state index contributed by atoms with van der Waals surface area (Å²) in [7, 11) is 3.93. The highest BCUT2D eigenvalue weighted by atomic mass is 19.1. The van der Waals surface area contributed by atoms with Crippen LogP contribution < -0.4 is 15.4 Å². The second-order valence-electron chi connectivity index (χ2n) is 10.7. The Morgan fingerprint density at radius 1 is 1.07 bits per heavy atom. The maximum Gasteiger partial charge on any atom is 0.147 e. The number of anilines is 1. The molecule has 11 nitrogen and oxygen atoms in total. The summed E-state index contributed by atoms with van der Waals surface area (Å²) in [5.41, 5.74) is 12.3. The molecule has 0 amide bonds. The Morgan fingerprint density at radius 2 is 1.95 bits per heavy atom. The van der Waals surface area contributed by atoms with Gasteiger partial charge in [-0.05, 0) is 61.6 Å². The summed E-state index contributed by atoms with van der Waals surface area (Å²) < 4.78 is 20.5. The van der Waals surface area contributed by atoms with Gasteiger partial charge in [0.05, 0.1) is 29.3 Å². The molecule has 1 aliphatic heterocycles. The van der Waals surface area contributed by atoms with Crippen LogP contribution in [0.15, 0.2) is 61.1 Å². The number of fused-ring (bicyclic) bond motifs is 2. The van der Waals surface area contributed by atoms with Gasteiger partial charge in [-0.2, -0.15) is 5.10 Å². The van der Waals surface area contributed by atoms with E-state index in [9.17, 15) is 4.39 Å². The topological polar surface area (TPSA) is 138 Å². The Kier molecular flexibility index (Phi) is 6.48. The zero-order valence-electron chi connectivity index (χ0n) is 23.2. The van der Waals surface area contributed by atoms with E-state index in [1.54, 1.807) is 18.6 Å². The number of halogens is 1. The highest BCUT2D eigenvalue weighted by Crippen LogP contribution is 2.35. The molecule has 7 rings (SSSR count). The van der Waals surface area contributed by atoms with Gasteiger partial charge in [-0.1, -0.05) is 0 Å². The minimum atomic E-state index is -0.368. The summed E-state index contributed by atoms with van der Waals surface area (Å²) >= 11 is 0. The average Bonchev–Trinajstić information content (AvgIpc) is 3.59. The van der Waals surface area contributed by atoms with Gasteiger partial charge in [-0.3, -0.25) is 10.1 Å². The largest absolute Gasteiger partial charge is 0.492 e. The lowest BCUT2D eigenvalue weighted by atomic mass is 10.0. The fourth-order valence-corrected chi connectivity index (χ4v) is 5.11. The zero-order valence-corrected chi connectivity index (χ0v) is 23.2. The molecular weight excluding hydrogens is 535 g/mol. The first-order chi connectivity index (χ1) is 20.4. The van der Waals surface area contributed by atoms with Crippen LogP contribution >= 0.6 is 0 Å². The van der Waals surface area contributed by atoms with Gasteiger partial charge in [0, 0.05) is 43.3 Å². The summed E-state index contributed by atoms with van der Waals surface area (Å²) in [6.07, 6.45) is 5.14. The number of H-pyrrole nitrogens is 2.